The molecule has 12 heteroatoms. The Morgan fingerprint density at radius 2 is 1.94 bits per heavy atom. The van der Waals surface area contributed by atoms with Crippen LogP contribution in [0.1, 0.15) is 12.5 Å². The molecule has 0 radical (unpaired) electrons. The van der Waals surface area contributed by atoms with E-state index in [2.05, 4.69) is 10.6 Å². The number of hydrazine groups is 1. The van der Waals surface area contributed by atoms with Gasteiger partial charge in [-0.05, 0) is 29.3 Å². The van der Waals surface area contributed by atoms with E-state index < -0.39 is 18.0 Å². The molecule has 11 nitrogen and oxygen atoms in total. The average Bonchev–Trinajstić information content (AvgIpc) is 3.22. The molecule has 0 aromatic heterocycles. The molecule has 1 saturated heterocycles. The number of halogens is 1. The van der Waals surface area contributed by atoms with E-state index >= 15 is 0 Å². The lowest BCUT2D eigenvalue weighted by atomic mass is 10.0. The molecule has 0 unspecified atom stereocenters. The van der Waals surface area contributed by atoms with Gasteiger partial charge >= 0.3 is 6.09 Å². The molecular formula is C24H30FN7O4. The number of ether oxygens (including phenoxy) is 1. The topological polar surface area (TPSA) is 169 Å². The monoisotopic (exact) mass is 499 g/mol. The van der Waals surface area contributed by atoms with Crippen molar-refractivity contribution in [3.63, 3.8) is 0 Å². The van der Waals surface area contributed by atoms with Crippen molar-refractivity contribution in [3.05, 3.63) is 65.7 Å². The first-order chi connectivity index (χ1) is 17.2. The number of benzene rings is 2. The number of hydrogen-bond acceptors (Lipinski definition) is 8. The van der Waals surface area contributed by atoms with E-state index in [4.69, 9.17) is 22.0 Å². The molecule has 0 aliphatic carbocycles. The maximum atomic E-state index is 15.0. The summed E-state index contributed by atoms with van der Waals surface area (Å²) >= 11 is 0. The zero-order chi connectivity index (χ0) is 26.2. The largest absolute Gasteiger partial charge is 0.442 e. The number of rotatable bonds is 10. The molecule has 192 valence electrons. The maximum Gasteiger partial charge on any atom is 0.414 e. The number of anilines is 1. The third kappa shape index (κ3) is 7.17. The third-order valence-electron chi connectivity index (χ3n) is 5.35. The van der Waals surface area contributed by atoms with Crippen LogP contribution in [-0.2, 0) is 20.9 Å². The number of hydrogen-bond donors (Lipinski definition) is 5. The first-order valence-corrected chi connectivity index (χ1v) is 11.2. The van der Waals surface area contributed by atoms with Crippen molar-refractivity contribution in [1.29, 1.82) is 0 Å². The van der Waals surface area contributed by atoms with Crippen molar-refractivity contribution < 1.29 is 23.5 Å². The number of nitrogens with two attached hydrogens (primary N) is 3. The number of cyclic esters (lactones) is 1. The van der Waals surface area contributed by atoms with Gasteiger partial charge in [-0.25, -0.2) is 15.0 Å². The summed E-state index contributed by atoms with van der Waals surface area (Å²) in [6, 6.07) is 11.7. The van der Waals surface area contributed by atoms with Gasteiger partial charge in [0.15, 0.2) is 0 Å². The first kappa shape index (κ1) is 26.4. The van der Waals surface area contributed by atoms with Gasteiger partial charge in [0.25, 0.3) is 0 Å². The van der Waals surface area contributed by atoms with Crippen LogP contribution in [-0.4, -0.2) is 55.2 Å². The molecule has 3 amide bonds. The van der Waals surface area contributed by atoms with E-state index in [0.29, 0.717) is 29.1 Å². The van der Waals surface area contributed by atoms with Gasteiger partial charge in [0.1, 0.15) is 11.9 Å². The predicted octanol–water partition coefficient (Wildman–Crippen LogP) is 0.505. The summed E-state index contributed by atoms with van der Waals surface area (Å²) in [7, 11) is 0. The fourth-order valence-electron chi connectivity index (χ4n) is 3.58. The summed E-state index contributed by atoms with van der Waals surface area (Å²) in [5, 5.41) is 6.53. The number of nitrogens with one attached hydrogen (secondary N) is 2. The van der Waals surface area contributed by atoms with Crippen LogP contribution >= 0.6 is 0 Å². The Kier molecular flexibility index (Phi) is 8.81. The zero-order valence-corrected chi connectivity index (χ0v) is 19.9. The molecular weight excluding hydrogens is 469 g/mol. The minimum Gasteiger partial charge on any atom is -0.442 e. The minimum atomic E-state index is -0.593. The summed E-state index contributed by atoms with van der Waals surface area (Å²) < 4.78 is 20.2. The standard InChI is InChI=1S/C24H30FN7O4/c1-15(33)29-11-20-14-32(24(35)36-20)19-6-7-21(22(25)8-19)17-4-2-16(3-5-17)12-31(28)13-18(27)10-30-23(34)9-26/h2-8,13,20H,9-12,14,26-28H2,1H3,(H,29,33)(H,30,34)/b18-13-/t20-/m0/s1. The third-order valence-corrected chi connectivity index (χ3v) is 5.35. The lowest BCUT2D eigenvalue weighted by molar-refractivity contribution is -0.120. The SMILES string of the molecule is CC(=O)NC[C@H]1CN(c2ccc(-c3ccc(CN(N)/C=C(\N)CNC(=O)CN)cc3)c(F)c2)C(=O)O1. The molecule has 1 atom stereocenters. The first-order valence-electron chi connectivity index (χ1n) is 11.2. The van der Waals surface area contributed by atoms with Gasteiger partial charge in [0.2, 0.25) is 11.8 Å². The van der Waals surface area contributed by atoms with Crippen LogP contribution in [0.15, 0.2) is 54.4 Å². The maximum absolute atomic E-state index is 15.0. The second kappa shape index (κ2) is 12.0. The van der Waals surface area contributed by atoms with Crippen molar-refractivity contribution in [2.24, 2.45) is 17.3 Å². The fraction of sp³-hybridized carbons (Fsp3) is 0.292. The van der Waals surface area contributed by atoms with Crippen molar-refractivity contribution in [2.45, 2.75) is 19.6 Å². The van der Waals surface area contributed by atoms with E-state index in [1.807, 2.05) is 12.1 Å². The van der Waals surface area contributed by atoms with Gasteiger partial charge < -0.3 is 31.8 Å². The summed E-state index contributed by atoms with van der Waals surface area (Å²) in [5.74, 6) is 4.93. The van der Waals surface area contributed by atoms with E-state index in [1.165, 1.54) is 29.1 Å². The Balaban J connectivity index is 1.62. The molecule has 36 heavy (non-hydrogen) atoms. The number of amides is 3. The molecule has 1 heterocycles. The highest BCUT2D eigenvalue weighted by atomic mass is 19.1. The van der Waals surface area contributed by atoms with Gasteiger partial charge in [-0.2, -0.15) is 0 Å². The van der Waals surface area contributed by atoms with Gasteiger partial charge in [-0.1, -0.05) is 24.3 Å². The molecule has 2 aromatic carbocycles. The second-order valence-electron chi connectivity index (χ2n) is 8.27. The highest BCUT2D eigenvalue weighted by molar-refractivity contribution is 5.90. The Labute approximate surface area is 208 Å². The lowest BCUT2D eigenvalue weighted by Crippen LogP contribution is -2.34. The smallest absolute Gasteiger partial charge is 0.414 e. The van der Waals surface area contributed by atoms with Crippen LogP contribution < -0.4 is 32.8 Å². The number of carbonyl (C=O) groups excluding carboxylic acids is 3. The minimum absolute atomic E-state index is 0.125. The Morgan fingerprint density at radius 3 is 2.58 bits per heavy atom. The Bertz CT molecular complexity index is 1140. The van der Waals surface area contributed by atoms with Crippen LogP contribution in [0.5, 0.6) is 0 Å². The van der Waals surface area contributed by atoms with Crippen LogP contribution in [0.3, 0.4) is 0 Å². The Hall–Kier alpha value is -4.16. The number of carbonyl (C=O) groups is 3. The number of nitrogens with zero attached hydrogens (tertiary/aromatic N) is 2. The van der Waals surface area contributed by atoms with Crippen LogP contribution in [0.4, 0.5) is 14.9 Å². The summed E-state index contributed by atoms with van der Waals surface area (Å²) in [6.07, 6.45) is 0.408. The second-order valence-corrected chi connectivity index (χ2v) is 8.27. The lowest BCUT2D eigenvalue weighted by Gasteiger charge is -2.16. The van der Waals surface area contributed by atoms with E-state index in [1.54, 1.807) is 24.3 Å². The molecule has 0 spiro atoms. The van der Waals surface area contributed by atoms with Crippen molar-refractivity contribution in [1.82, 2.24) is 15.6 Å². The van der Waals surface area contributed by atoms with E-state index in [0.717, 1.165) is 5.56 Å². The highest BCUT2D eigenvalue weighted by Gasteiger charge is 2.32. The van der Waals surface area contributed by atoms with Gasteiger partial charge in [-0.15, -0.1) is 0 Å². The van der Waals surface area contributed by atoms with Crippen LogP contribution in [0.2, 0.25) is 0 Å². The van der Waals surface area contributed by atoms with E-state index in [-0.39, 0.29) is 38.0 Å². The predicted molar refractivity (Wildman–Crippen MR) is 132 cm³/mol. The van der Waals surface area contributed by atoms with Crippen LogP contribution in [0.25, 0.3) is 11.1 Å². The Morgan fingerprint density at radius 1 is 1.22 bits per heavy atom. The summed E-state index contributed by atoms with van der Waals surface area (Å²) in [6.45, 7) is 2.12. The van der Waals surface area contributed by atoms with Gasteiger partial charge in [-0.3, -0.25) is 14.5 Å². The zero-order valence-electron chi connectivity index (χ0n) is 19.9. The molecule has 8 N–H and O–H groups in total. The molecule has 3 rings (SSSR count). The van der Waals surface area contributed by atoms with Gasteiger partial charge in [0, 0.05) is 24.4 Å². The quantitative estimate of drug-likeness (QED) is 0.233. The summed E-state index contributed by atoms with van der Waals surface area (Å²) in [4.78, 5) is 35.8. The molecule has 1 fully saturated rings. The normalized spacial score (nSPS) is 15.4. The molecule has 1 aliphatic heterocycles. The fourth-order valence-corrected chi connectivity index (χ4v) is 3.58. The highest BCUT2D eigenvalue weighted by Crippen LogP contribution is 2.29. The van der Waals surface area contributed by atoms with Crippen LogP contribution in [0, 0.1) is 5.82 Å². The molecule has 2 aromatic rings. The molecule has 1 aliphatic rings. The van der Waals surface area contributed by atoms with Crippen molar-refractivity contribution >= 4 is 23.6 Å². The van der Waals surface area contributed by atoms with Crippen molar-refractivity contribution in [2.75, 3.05) is 31.1 Å². The van der Waals surface area contributed by atoms with E-state index in [9.17, 15) is 18.8 Å². The van der Waals surface area contributed by atoms with Gasteiger partial charge in [0.05, 0.1) is 38.4 Å². The molecule has 0 saturated carbocycles. The van der Waals surface area contributed by atoms with Crippen molar-refractivity contribution in [3.8, 4) is 11.1 Å². The average molecular weight is 500 g/mol. The summed E-state index contributed by atoms with van der Waals surface area (Å²) in [5.41, 5.74) is 13.7. The molecule has 0 bridgehead atoms.